The Kier molecular flexibility index (Phi) is 6.85. The van der Waals surface area contributed by atoms with Crippen LogP contribution in [0, 0.1) is 0 Å². The number of fused-ring (bicyclic) bond motifs is 2. The van der Waals surface area contributed by atoms with Gasteiger partial charge in [-0.25, -0.2) is 4.98 Å². The zero-order valence-electron chi connectivity index (χ0n) is 22.3. The van der Waals surface area contributed by atoms with Gasteiger partial charge in [0.2, 0.25) is 5.91 Å². The minimum Gasteiger partial charge on any atom is -0.493 e. The van der Waals surface area contributed by atoms with Gasteiger partial charge in [0.15, 0.2) is 11.5 Å². The second-order valence-electron chi connectivity index (χ2n) is 10.4. The van der Waals surface area contributed by atoms with Crippen LogP contribution in [0.5, 0.6) is 11.5 Å². The maximum absolute atomic E-state index is 13.5. The van der Waals surface area contributed by atoms with Crippen molar-refractivity contribution >= 4 is 29.2 Å². The van der Waals surface area contributed by atoms with Gasteiger partial charge in [0, 0.05) is 47.7 Å². The number of carbonyl (C=O) groups is 3. The summed E-state index contributed by atoms with van der Waals surface area (Å²) in [6.07, 6.45) is 6.14. The van der Waals surface area contributed by atoms with Gasteiger partial charge in [0.25, 0.3) is 11.8 Å². The molecule has 1 aliphatic carbocycles. The smallest absolute Gasteiger partial charge is 0.258 e. The van der Waals surface area contributed by atoms with Crippen LogP contribution in [-0.2, 0) is 24.4 Å². The van der Waals surface area contributed by atoms with Gasteiger partial charge < -0.3 is 30.3 Å². The molecule has 3 heterocycles. The number of amides is 3. The van der Waals surface area contributed by atoms with Gasteiger partial charge in [-0.3, -0.25) is 14.4 Å². The number of nitrogens with one attached hydrogen (secondary N) is 1. The van der Waals surface area contributed by atoms with E-state index in [1.807, 2.05) is 36.4 Å². The zero-order chi connectivity index (χ0) is 27.8. The molecule has 10 nitrogen and oxygen atoms in total. The van der Waals surface area contributed by atoms with Crippen molar-refractivity contribution in [1.82, 2.24) is 9.88 Å². The van der Waals surface area contributed by atoms with Crippen LogP contribution < -0.4 is 25.4 Å². The number of hydrogen-bond acceptors (Lipinski definition) is 7. The number of hydrogen-bond donors (Lipinski definition) is 2. The Labute approximate surface area is 232 Å². The Hall–Kier alpha value is -4.44. The van der Waals surface area contributed by atoms with Gasteiger partial charge in [-0.1, -0.05) is 12.1 Å². The molecule has 3 N–H and O–H groups in total. The van der Waals surface area contributed by atoms with E-state index in [1.165, 1.54) is 0 Å². The molecule has 1 saturated carbocycles. The van der Waals surface area contributed by atoms with Gasteiger partial charge in [0.1, 0.15) is 5.82 Å². The molecule has 1 aromatic heterocycles. The Bertz CT molecular complexity index is 1500. The Morgan fingerprint density at radius 3 is 2.58 bits per heavy atom. The molecule has 0 atom stereocenters. The summed E-state index contributed by atoms with van der Waals surface area (Å²) in [4.78, 5) is 45.9. The number of methoxy groups -OCH3 is 1. The minimum atomic E-state index is -0.376. The van der Waals surface area contributed by atoms with Gasteiger partial charge in [-0.05, 0) is 61.1 Å². The van der Waals surface area contributed by atoms with Crippen LogP contribution in [0.15, 0.2) is 48.7 Å². The van der Waals surface area contributed by atoms with E-state index in [1.54, 1.807) is 29.2 Å². The van der Waals surface area contributed by atoms with E-state index in [-0.39, 0.29) is 30.4 Å². The van der Waals surface area contributed by atoms with Crippen LogP contribution in [0.2, 0.25) is 0 Å². The van der Waals surface area contributed by atoms with Crippen molar-refractivity contribution in [2.24, 2.45) is 5.73 Å². The fourth-order valence-corrected chi connectivity index (χ4v) is 5.63. The number of aromatic nitrogens is 1. The summed E-state index contributed by atoms with van der Waals surface area (Å²) in [5, 5.41) is 2.58. The van der Waals surface area contributed by atoms with E-state index in [2.05, 4.69) is 10.3 Å². The molecule has 0 spiro atoms. The maximum Gasteiger partial charge on any atom is 0.258 e. The predicted octanol–water partition coefficient (Wildman–Crippen LogP) is 3.63. The van der Waals surface area contributed by atoms with Crippen molar-refractivity contribution < 1.29 is 23.9 Å². The summed E-state index contributed by atoms with van der Waals surface area (Å²) in [7, 11) is 1.62. The van der Waals surface area contributed by atoms with Crippen LogP contribution >= 0.6 is 0 Å². The highest BCUT2D eigenvalue weighted by Crippen LogP contribution is 2.38. The van der Waals surface area contributed by atoms with E-state index in [0.29, 0.717) is 48.1 Å². The lowest BCUT2D eigenvalue weighted by Gasteiger charge is -2.20. The first kappa shape index (κ1) is 25.8. The monoisotopic (exact) mass is 541 g/mol. The third-order valence-electron chi connectivity index (χ3n) is 7.72. The highest BCUT2D eigenvalue weighted by molar-refractivity contribution is 6.10. The van der Waals surface area contributed by atoms with Gasteiger partial charge in [0.05, 0.1) is 26.3 Å². The maximum atomic E-state index is 13.5. The molecule has 0 unspecified atom stereocenters. The Morgan fingerprint density at radius 1 is 1.00 bits per heavy atom. The first-order chi connectivity index (χ1) is 19.4. The van der Waals surface area contributed by atoms with E-state index in [0.717, 1.165) is 48.1 Å². The molecule has 3 aliphatic rings. The lowest BCUT2D eigenvalue weighted by atomic mass is 10.1. The molecular formula is C30H31N5O5. The third-order valence-corrected chi connectivity index (χ3v) is 7.72. The molecule has 0 saturated heterocycles. The SMILES string of the molecule is COc1ccc(N2Cc3ccc(CN4Cc5cnc(NC(=O)CN)cc5C4=O)cc3C2=O)cc1OC1CCCC1. The Balaban J connectivity index is 1.17. The second kappa shape index (κ2) is 10.6. The molecule has 206 valence electrons. The van der Waals surface area contributed by atoms with Crippen molar-refractivity contribution in [1.29, 1.82) is 0 Å². The van der Waals surface area contributed by atoms with E-state index >= 15 is 0 Å². The highest BCUT2D eigenvalue weighted by atomic mass is 16.5. The van der Waals surface area contributed by atoms with Crippen LogP contribution in [0.25, 0.3) is 0 Å². The molecule has 1 fully saturated rings. The van der Waals surface area contributed by atoms with Crippen molar-refractivity contribution in [3.8, 4) is 11.5 Å². The number of anilines is 2. The zero-order valence-corrected chi connectivity index (χ0v) is 22.3. The van der Waals surface area contributed by atoms with Crippen molar-refractivity contribution in [2.45, 2.75) is 51.4 Å². The molecule has 2 aliphatic heterocycles. The van der Waals surface area contributed by atoms with Crippen LogP contribution in [0.4, 0.5) is 11.5 Å². The molecule has 3 aromatic rings. The number of nitrogens with two attached hydrogens (primary N) is 1. The summed E-state index contributed by atoms with van der Waals surface area (Å²) in [5.41, 5.74) is 9.82. The van der Waals surface area contributed by atoms with E-state index in [9.17, 15) is 14.4 Å². The summed E-state index contributed by atoms with van der Waals surface area (Å²) < 4.78 is 11.8. The number of rotatable bonds is 8. The quantitative estimate of drug-likeness (QED) is 0.446. The molecule has 3 amide bonds. The molecule has 2 aromatic carbocycles. The average Bonchev–Trinajstić information content (AvgIpc) is 3.67. The topological polar surface area (TPSA) is 127 Å². The number of nitrogens with zero attached hydrogens (tertiary/aromatic N) is 3. The second-order valence-corrected chi connectivity index (χ2v) is 10.4. The summed E-state index contributed by atoms with van der Waals surface area (Å²) in [5.74, 6) is 0.990. The molecule has 40 heavy (non-hydrogen) atoms. The van der Waals surface area contributed by atoms with Crippen molar-refractivity contribution in [3.05, 3.63) is 76.5 Å². The van der Waals surface area contributed by atoms with Gasteiger partial charge in [-0.15, -0.1) is 0 Å². The molecule has 0 radical (unpaired) electrons. The lowest BCUT2D eigenvalue weighted by Crippen LogP contribution is -2.24. The number of carbonyl (C=O) groups excluding carboxylic acids is 3. The van der Waals surface area contributed by atoms with Crippen LogP contribution in [-0.4, -0.2) is 47.4 Å². The summed E-state index contributed by atoms with van der Waals surface area (Å²) in [6.45, 7) is 1.04. The highest BCUT2D eigenvalue weighted by Gasteiger charge is 2.32. The molecule has 6 rings (SSSR count). The summed E-state index contributed by atoms with van der Waals surface area (Å²) >= 11 is 0. The first-order valence-corrected chi connectivity index (χ1v) is 13.5. The van der Waals surface area contributed by atoms with E-state index in [4.69, 9.17) is 15.2 Å². The predicted molar refractivity (Wildman–Crippen MR) is 148 cm³/mol. The third kappa shape index (κ3) is 4.86. The Morgan fingerprint density at radius 2 is 1.80 bits per heavy atom. The normalized spacial score (nSPS) is 16.4. The van der Waals surface area contributed by atoms with Gasteiger partial charge in [-0.2, -0.15) is 0 Å². The van der Waals surface area contributed by atoms with Gasteiger partial charge >= 0.3 is 0 Å². The van der Waals surface area contributed by atoms with Crippen molar-refractivity contribution in [2.75, 3.05) is 23.9 Å². The first-order valence-electron chi connectivity index (χ1n) is 13.5. The minimum absolute atomic E-state index is 0.0886. The van der Waals surface area contributed by atoms with Crippen molar-refractivity contribution in [3.63, 3.8) is 0 Å². The summed E-state index contributed by atoms with van der Waals surface area (Å²) in [6, 6.07) is 13.0. The van der Waals surface area contributed by atoms with E-state index < -0.39 is 0 Å². The fourth-order valence-electron chi connectivity index (χ4n) is 5.63. The molecule has 10 heteroatoms. The number of ether oxygens (including phenoxy) is 2. The standard InChI is InChI=1S/C30H31N5O5/c1-39-25-9-8-21(11-26(25)40-22-4-2-3-5-22)35-17-19-7-6-18(10-23(19)30(35)38)15-34-16-20-14-32-27(33-28(36)13-31)12-24(20)29(34)37/h6-12,14,22H,2-5,13,15-17,31H2,1H3,(H,32,33,36). The number of pyridine rings is 1. The van der Waals surface area contributed by atoms with Crippen LogP contribution in [0.3, 0.4) is 0 Å². The largest absolute Gasteiger partial charge is 0.493 e. The fraction of sp³-hybridized carbons (Fsp3) is 0.333. The average molecular weight is 542 g/mol. The number of benzene rings is 2. The molecular weight excluding hydrogens is 510 g/mol. The van der Waals surface area contributed by atoms with Crippen LogP contribution in [0.1, 0.15) is 63.1 Å². The molecule has 0 bridgehead atoms. The lowest BCUT2D eigenvalue weighted by molar-refractivity contribution is -0.114.